The Morgan fingerprint density at radius 1 is 1.15 bits per heavy atom. The van der Waals surface area contributed by atoms with Crippen LogP contribution in [0.2, 0.25) is 0 Å². The van der Waals surface area contributed by atoms with Crippen molar-refractivity contribution in [1.82, 2.24) is 5.32 Å². The highest BCUT2D eigenvalue weighted by Gasteiger charge is 2.22. The highest BCUT2D eigenvalue weighted by Crippen LogP contribution is 2.30. The van der Waals surface area contributed by atoms with Crippen molar-refractivity contribution in [1.29, 1.82) is 0 Å². The first-order valence-corrected chi connectivity index (χ1v) is 8.02. The molecule has 1 fully saturated rings. The number of hydrogen-bond acceptors (Lipinski definition) is 2. The number of aryl methyl sites for hydroxylation is 1. The largest absolute Gasteiger partial charge is 0.496 e. The monoisotopic (exact) mass is 275 g/mol. The van der Waals surface area contributed by atoms with E-state index in [1.165, 1.54) is 43.2 Å². The molecule has 2 rings (SSSR count). The maximum atomic E-state index is 5.53. The second kappa shape index (κ2) is 7.12. The Hall–Kier alpha value is -1.02. The van der Waals surface area contributed by atoms with E-state index in [9.17, 15) is 0 Å². The molecule has 0 amide bonds. The zero-order valence-electron chi connectivity index (χ0n) is 13.4. The predicted molar refractivity (Wildman–Crippen MR) is 85.3 cm³/mol. The van der Waals surface area contributed by atoms with Crippen LogP contribution in [0.1, 0.15) is 63.1 Å². The number of benzene rings is 1. The van der Waals surface area contributed by atoms with Crippen molar-refractivity contribution in [2.75, 3.05) is 7.11 Å². The molecule has 1 saturated carbocycles. The predicted octanol–water partition coefficient (Wildman–Crippen LogP) is 4.62. The van der Waals surface area contributed by atoms with Gasteiger partial charge in [-0.3, -0.25) is 0 Å². The van der Waals surface area contributed by atoms with E-state index in [0.717, 1.165) is 11.7 Å². The molecule has 20 heavy (non-hydrogen) atoms. The number of nitrogens with one attached hydrogen (secondary N) is 1. The topological polar surface area (TPSA) is 21.3 Å². The molecule has 0 saturated heterocycles. The van der Waals surface area contributed by atoms with Gasteiger partial charge in [0.2, 0.25) is 0 Å². The van der Waals surface area contributed by atoms with Crippen molar-refractivity contribution in [3.8, 4) is 5.75 Å². The molecule has 0 aliphatic heterocycles. The van der Waals surface area contributed by atoms with Crippen LogP contribution in [0.15, 0.2) is 18.2 Å². The van der Waals surface area contributed by atoms with E-state index in [1.807, 2.05) is 0 Å². The van der Waals surface area contributed by atoms with Gasteiger partial charge in [-0.2, -0.15) is 0 Å². The average molecular weight is 275 g/mol. The van der Waals surface area contributed by atoms with Gasteiger partial charge in [-0.25, -0.2) is 0 Å². The number of hydrogen-bond donors (Lipinski definition) is 1. The second-order valence-corrected chi connectivity index (χ2v) is 6.32. The molecule has 1 N–H and O–H groups in total. The zero-order valence-corrected chi connectivity index (χ0v) is 13.4. The molecule has 1 aromatic rings. The summed E-state index contributed by atoms with van der Waals surface area (Å²) in [4.78, 5) is 0. The summed E-state index contributed by atoms with van der Waals surface area (Å²) in [6, 6.07) is 7.40. The zero-order chi connectivity index (χ0) is 14.5. The summed E-state index contributed by atoms with van der Waals surface area (Å²) in [6.45, 7) is 6.69. The third-order valence-electron chi connectivity index (χ3n) is 4.73. The van der Waals surface area contributed by atoms with Crippen LogP contribution in [0.5, 0.6) is 5.75 Å². The minimum atomic E-state index is 0.336. The van der Waals surface area contributed by atoms with Crippen LogP contribution in [0.25, 0.3) is 0 Å². The van der Waals surface area contributed by atoms with Crippen LogP contribution < -0.4 is 10.1 Å². The summed E-state index contributed by atoms with van der Waals surface area (Å²) in [6.07, 6.45) is 6.99. The molecule has 0 spiro atoms. The lowest BCUT2D eigenvalue weighted by Gasteiger charge is -2.31. The summed E-state index contributed by atoms with van der Waals surface area (Å²) in [5.74, 6) is 1.84. The fourth-order valence-electron chi connectivity index (χ4n) is 3.43. The smallest absolute Gasteiger partial charge is 0.123 e. The molecule has 1 aliphatic rings. The molecule has 0 bridgehead atoms. The average Bonchev–Trinajstić information content (AvgIpc) is 2.47. The lowest BCUT2D eigenvalue weighted by molar-refractivity contribution is 0.266. The van der Waals surface area contributed by atoms with Gasteiger partial charge in [-0.1, -0.05) is 31.4 Å². The first kappa shape index (κ1) is 15.4. The standard InChI is InChI=1S/C18H29NO/c1-13-10-11-17(18(12-13)20-4)15(3)19-14(2)16-8-6-5-7-9-16/h10-12,14-16,19H,5-9H2,1-4H3/t14-,15?/m1/s1. The maximum absolute atomic E-state index is 5.53. The van der Waals surface area contributed by atoms with Crippen LogP contribution >= 0.6 is 0 Å². The molecule has 2 atom stereocenters. The van der Waals surface area contributed by atoms with Gasteiger partial charge in [0.15, 0.2) is 0 Å². The van der Waals surface area contributed by atoms with E-state index in [4.69, 9.17) is 4.74 Å². The fourth-order valence-corrected chi connectivity index (χ4v) is 3.43. The molecular weight excluding hydrogens is 246 g/mol. The van der Waals surface area contributed by atoms with Crippen LogP contribution in [0.4, 0.5) is 0 Å². The van der Waals surface area contributed by atoms with Gasteiger partial charge in [-0.15, -0.1) is 0 Å². The van der Waals surface area contributed by atoms with E-state index >= 15 is 0 Å². The Kier molecular flexibility index (Phi) is 5.47. The first-order chi connectivity index (χ1) is 9.61. The number of rotatable bonds is 5. The van der Waals surface area contributed by atoms with Gasteiger partial charge in [0.1, 0.15) is 5.75 Å². The maximum Gasteiger partial charge on any atom is 0.123 e. The van der Waals surface area contributed by atoms with Crippen molar-refractivity contribution in [2.24, 2.45) is 5.92 Å². The molecule has 0 aromatic heterocycles. The van der Waals surface area contributed by atoms with Crippen molar-refractivity contribution in [2.45, 2.75) is 65.0 Å². The SMILES string of the molecule is COc1cc(C)ccc1C(C)N[C@H](C)C1CCCCC1. The van der Waals surface area contributed by atoms with Gasteiger partial charge < -0.3 is 10.1 Å². The highest BCUT2D eigenvalue weighted by atomic mass is 16.5. The molecule has 2 heteroatoms. The van der Waals surface area contributed by atoms with Crippen LogP contribution in [0, 0.1) is 12.8 Å². The summed E-state index contributed by atoms with van der Waals surface area (Å²) < 4.78 is 5.53. The van der Waals surface area contributed by atoms with Gasteiger partial charge >= 0.3 is 0 Å². The molecule has 2 nitrogen and oxygen atoms in total. The van der Waals surface area contributed by atoms with Crippen LogP contribution in [-0.4, -0.2) is 13.2 Å². The van der Waals surface area contributed by atoms with E-state index < -0.39 is 0 Å². The molecule has 1 aliphatic carbocycles. The van der Waals surface area contributed by atoms with E-state index in [1.54, 1.807) is 7.11 Å². The van der Waals surface area contributed by atoms with Crippen molar-refractivity contribution in [3.63, 3.8) is 0 Å². The molecule has 0 heterocycles. The van der Waals surface area contributed by atoms with Crippen molar-refractivity contribution >= 4 is 0 Å². The Morgan fingerprint density at radius 3 is 2.50 bits per heavy atom. The second-order valence-electron chi connectivity index (χ2n) is 6.32. The lowest BCUT2D eigenvalue weighted by Crippen LogP contribution is -2.36. The quantitative estimate of drug-likeness (QED) is 0.846. The Bertz CT molecular complexity index is 423. The van der Waals surface area contributed by atoms with Crippen molar-refractivity contribution in [3.05, 3.63) is 29.3 Å². The highest BCUT2D eigenvalue weighted by molar-refractivity contribution is 5.39. The van der Waals surface area contributed by atoms with E-state index in [2.05, 4.69) is 44.3 Å². The van der Waals surface area contributed by atoms with Crippen LogP contribution in [0.3, 0.4) is 0 Å². The van der Waals surface area contributed by atoms with Crippen LogP contribution in [-0.2, 0) is 0 Å². The molecule has 1 aromatic carbocycles. The van der Waals surface area contributed by atoms with Gasteiger partial charge in [0.25, 0.3) is 0 Å². The van der Waals surface area contributed by atoms with Gasteiger partial charge in [0.05, 0.1) is 7.11 Å². The molecular formula is C18H29NO. The van der Waals surface area contributed by atoms with E-state index in [-0.39, 0.29) is 0 Å². The summed E-state index contributed by atoms with van der Waals surface area (Å²) in [5, 5.41) is 3.78. The minimum absolute atomic E-state index is 0.336. The Labute approximate surface area is 123 Å². The molecule has 1 unspecified atom stereocenters. The Balaban J connectivity index is 2.01. The van der Waals surface area contributed by atoms with Gasteiger partial charge in [-0.05, 0) is 51.2 Å². The number of ether oxygens (including phenoxy) is 1. The summed E-state index contributed by atoms with van der Waals surface area (Å²) >= 11 is 0. The van der Waals surface area contributed by atoms with Crippen molar-refractivity contribution < 1.29 is 4.74 Å². The first-order valence-electron chi connectivity index (χ1n) is 8.02. The number of methoxy groups -OCH3 is 1. The normalized spacial score (nSPS) is 19.6. The summed E-state index contributed by atoms with van der Waals surface area (Å²) in [7, 11) is 1.76. The fraction of sp³-hybridized carbons (Fsp3) is 0.667. The lowest BCUT2D eigenvalue weighted by atomic mass is 9.84. The van der Waals surface area contributed by atoms with Gasteiger partial charge in [0, 0.05) is 17.6 Å². The molecule has 112 valence electrons. The third kappa shape index (κ3) is 3.76. The minimum Gasteiger partial charge on any atom is -0.496 e. The summed E-state index contributed by atoms with van der Waals surface area (Å²) in [5.41, 5.74) is 2.51. The Morgan fingerprint density at radius 2 is 1.85 bits per heavy atom. The molecule has 0 radical (unpaired) electrons. The third-order valence-corrected chi connectivity index (χ3v) is 4.73. The van der Waals surface area contributed by atoms with E-state index in [0.29, 0.717) is 12.1 Å².